The molecule has 4 heteroatoms. The summed E-state index contributed by atoms with van der Waals surface area (Å²) in [6.07, 6.45) is 0.930. The van der Waals surface area contributed by atoms with Crippen LogP contribution in [-0.2, 0) is 19.1 Å². The predicted octanol–water partition coefficient (Wildman–Crippen LogP) is 1.31. The molecular weight excluding hydrogens is 172 g/mol. The molecule has 0 heterocycles. The lowest BCUT2D eigenvalue weighted by atomic mass is 10.4. The summed E-state index contributed by atoms with van der Waals surface area (Å²) in [7, 11) is 0. The van der Waals surface area contributed by atoms with Gasteiger partial charge in [0.05, 0.1) is 0 Å². The second-order valence-electron chi connectivity index (χ2n) is 2.17. The van der Waals surface area contributed by atoms with Crippen LogP contribution >= 0.6 is 0 Å². The summed E-state index contributed by atoms with van der Waals surface area (Å²) in [5.74, 6) is -1.82. The van der Waals surface area contributed by atoms with Crippen LogP contribution < -0.4 is 0 Å². The molecule has 0 aliphatic rings. The Morgan fingerprint density at radius 1 is 1.23 bits per heavy atom. The van der Waals surface area contributed by atoms with E-state index in [4.69, 9.17) is 0 Å². The highest BCUT2D eigenvalue weighted by Gasteiger charge is 2.08. The predicted molar refractivity (Wildman–Crippen MR) is 46.3 cm³/mol. The van der Waals surface area contributed by atoms with Crippen molar-refractivity contribution in [1.82, 2.24) is 0 Å². The highest BCUT2D eigenvalue weighted by atomic mass is 16.7. The molecule has 0 radical (unpaired) electrons. The second-order valence-corrected chi connectivity index (χ2v) is 2.17. The fourth-order valence-electron chi connectivity index (χ4n) is 0.365. The average Bonchev–Trinajstić information content (AvgIpc) is 2.03. The molecule has 0 aliphatic carbocycles. The molecule has 0 bridgehead atoms. The van der Waals surface area contributed by atoms with Crippen LogP contribution in [0.2, 0.25) is 0 Å². The maximum atomic E-state index is 10.8. The molecule has 0 rings (SSSR count). The van der Waals surface area contributed by atoms with Crippen molar-refractivity contribution in [1.29, 1.82) is 0 Å². The van der Waals surface area contributed by atoms with Crippen molar-refractivity contribution >= 4 is 11.9 Å². The maximum Gasteiger partial charge on any atom is 0.340 e. The first-order valence-corrected chi connectivity index (χ1v) is 3.38. The average molecular weight is 182 g/mol. The van der Waals surface area contributed by atoms with Gasteiger partial charge < -0.3 is 9.47 Å². The van der Waals surface area contributed by atoms with Crippen LogP contribution in [0, 0.1) is 0 Å². The monoisotopic (exact) mass is 182 g/mol. The maximum absolute atomic E-state index is 10.8. The minimum Gasteiger partial charge on any atom is -0.390 e. The van der Waals surface area contributed by atoms with Gasteiger partial charge in [-0.3, -0.25) is 0 Å². The number of rotatable bonds is 4. The van der Waals surface area contributed by atoms with Crippen molar-refractivity contribution in [3.8, 4) is 0 Å². The van der Waals surface area contributed by atoms with Crippen molar-refractivity contribution < 1.29 is 19.1 Å². The molecule has 0 amide bonds. The van der Waals surface area contributed by atoms with Gasteiger partial charge in [-0.15, -0.1) is 0 Å². The van der Waals surface area contributed by atoms with E-state index in [0.29, 0.717) is 0 Å². The first-order valence-electron chi connectivity index (χ1n) is 3.38. The zero-order valence-electron chi connectivity index (χ0n) is 7.33. The molecule has 0 unspecified atom stereocenters. The lowest BCUT2D eigenvalue weighted by Gasteiger charge is -2.04. The third kappa shape index (κ3) is 4.58. The van der Waals surface area contributed by atoms with Gasteiger partial charge in [-0.1, -0.05) is 13.2 Å². The lowest BCUT2D eigenvalue weighted by molar-refractivity contribution is -0.147. The standard InChI is InChI=1S/C9H10O4/c1-5-8(10)12-7(4)13-9(11)6(2)3/h5H,1-2,4H2,3H3. The van der Waals surface area contributed by atoms with Gasteiger partial charge in [-0.05, 0) is 13.5 Å². The normalized spacial score (nSPS) is 8.38. The van der Waals surface area contributed by atoms with Gasteiger partial charge in [0.25, 0.3) is 5.95 Å². The quantitative estimate of drug-likeness (QED) is 0.373. The Hall–Kier alpha value is -1.84. The van der Waals surface area contributed by atoms with E-state index in [1.807, 2.05) is 0 Å². The largest absolute Gasteiger partial charge is 0.390 e. The number of hydrogen-bond acceptors (Lipinski definition) is 4. The molecule has 0 aromatic rings. The number of ether oxygens (including phenoxy) is 2. The van der Waals surface area contributed by atoms with Gasteiger partial charge in [0, 0.05) is 11.6 Å². The van der Waals surface area contributed by atoms with Crippen LogP contribution in [0.15, 0.2) is 37.3 Å². The van der Waals surface area contributed by atoms with Crippen LogP contribution in [0.5, 0.6) is 0 Å². The Morgan fingerprint density at radius 3 is 2.15 bits per heavy atom. The molecular formula is C9H10O4. The Kier molecular flexibility index (Phi) is 4.23. The van der Waals surface area contributed by atoms with Crippen molar-refractivity contribution in [3.63, 3.8) is 0 Å². The number of carbonyl (C=O) groups is 2. The van der Waals surface area contributed by atoms with Crippen LogP contribution in [0.25, 0.3) is 0 Å². The first kappa shape index (κ1) is 11.2. The van der Waals surface area contributed by atoms with E-state index < -0.39 is 17.9 Å². The Bertz CT molecular complexity index is 275. The minimum atomic E-state index is -0.737. The molecule has 0 saturated carbocycles. The molecule has 0 aromatic heterocycles. The van der Waals surface area contributed by atoms with Crippen LogP contribution in [0.1, 0.15) is 6.92 Å². The van der Waals surface area contributed by atoms with E-state index in [2.05, 4.69) is 29.2 Å². The molecule has 0 aliphatic heterocycles. The van der Waals surface area contributed by atoms with E-state index >= 15 is 0 Å². The summed E-state index contributed by atoms with van der Waals surface area (Å²) in [6, 6.07) is 0. The smallest absolute Gasteiger partial charge is 0.340 e. The number of carbonyl (C=O) groups excluding carboxylic acids is 2. The Labute approximate surface area is 76.1 Å². The summed E-state index contributed by atoms with van der Waals surface area (Å²) >= 11 is 0. The minimum absolute atomic E-state index is 0.191. The molecule has 0 spiro atoms. The van der Waals surface area contributed by atoms with Gasteiger partial charge >= 0.3 is 11.9 Å². The molecule has 70 valence electrons. The fraction of sp³-hybridized carbons (Fsp3) is 0.111. The summed E-state index contributed by atoms with van der Waals surface area (Å²) < 4.78 is 8.85. The van der Waals surface area contributed by atoms with Crippen LogP contribution in [0.4, 0.5) is 0 Å². The van der Waals surface area contributed by atoms with Gasteiger partial charge in [0.15, 0.2) is 0 Å². The molecule has 13 heavy (non-hydrogen) atoms. The topological polar surface area (TPSA) is 52.6 Å². The van der Waals surface area contributed by atoms with Crippen molar-refractivity contribution in [2.75, 3.05) is 0 Å². The summed E-state index contributed by atoms with van der Waals surface area (Å²) in [6.45, 7) is 11.1. The zero-order valence-corrected chi connectivity index (χ0v) is 7.33. The third-order valence-corrected chi connectivity index (χ3v) is 0.936. The molecule has 4 nitrogen and oxygen atoms in total. The third-order valence-electron chi connectivity index (χ3n) is 0.936. The summed E-state index contributed by atoms with van der Waals surface area (Å²) in [5.41, 5.74) is 0.191. The van der Waals surface area contributed by atoms with Crippen LogP contribution in [-0.4, -0.2) is 11.9 Å². The van der Waals surface area contributed by atoms with Gasteiger partial charge in [-0.2, -0.15) is 0 Å². The SMILES string of the molecule is C=CC(=O)OC(=C)OC(=O)C(=C)C. The zero-order chi connectivity index (χ0) is 10.4. The van der Waals surface area contributed by atoms with Gasteiger partial charge in [0.1, 0.15) is 0 Å². The van der Waals surface area contributed by atoms with Crippen molar-refractivity contribution in [3.05, 3.63) is 37.3 Å². The van der Waals surface area contributed by atoms with E-state index in [0.717, 1.165) is 6.08 Å². The molecule has 0 aromatic carbocycles. The summed E-state index contributed by atoms with van der Waals surface area (Å²) in [5, 5.41) is 0. The Balaban J connectivity index is 4.02. The van der Waals surface area contributed by atoms with Gasteiger partial charge in [-0.25, -0.2) is 9.59 Å². The van der Waals surface area contributed by atoms with Crippen LogP contribution in [0.3, 0.4) is 0 Å². The first-order chi connectivity index (χ1) is 5.97. The van der Waals surface area contributed by atoms with E-state index in [1.54, 1.807) is 0 Å². The molecule has 0 N–H and O–H groups in total. The second kappa shape index (κ2) is 4.92. The molecule has 0 saturated heterocycles. The summed E-state index contributed by atoms with van der Waals surface area (Å²) in [4.78, 5) is 21.4. The molecule has 0 fully saturated rings. The van der Waals surface area contributed by atoms with Gasteiger partial charge in [0.2, 0.25) is 0 Å². The van der Waals surface area contributed by atoms with E-state index in [9.17, 15) is 9.59 Å². The molecule has 0 atom stereocenters. The highest BCUT2D eigenvalue weighted by Crippen LogP contribution is 2.02. The highest BCUT2D eigenvalue weighted by molar-refractivity contribution is 5.88. The van der Waals surface area contributed by atoms with Crippen molar-refractivity contribution in [2.24, 2.45) is 0 Å². The lowest BCUT2D eigenvalue weighted by Crippen LogP contribution is -2.09. The Morgan fingerprint density at radius 2 is 1.77 bits per heavy atom. The van der Waals surface area contributed by atoms with E-state index in [-0.39, 0.29) is 5.57 Å². The number of hydrogen-bond donors (Lipinski definition) is 0. The van der Waals surface area contributed by atoms with E-state index in [1.165, 1.54) is 6.92 Å². The van der Waals surface area contributed by atoms with Crippen molar-refractivity contribution in [2.45, 2.75) is 6.92 Å². The number of esters is 2. The fourth-order valence-corrected chi connectivity index (χ4v) is 0.365.